The second-order valence-corrected chi connectivity index (χ2v) is 4.47. The van der Waals surface area contributed by atoms with Crippen molar-refractivity contribution in [2.75, 3.05) is 6.54 Å². The smallest absolute Gasteiger partial charge is 0.317 e. The maximum atomic E-state index is 10.8. The number of carboxylic acid groups (broad SMARTS) is 1. The molecule has 0 aliphatic rings. The minimum Gasteiger partial charge on any atom is -0.480 e. The number of rotatable bonds is 7. The number of aryl methyl sites for hydroxylation is 1. The first kappa shape index (κ1) is 13.7. The summed E-state index contributed by atoms with van der Waals surface area (Å²) in [6.07, 6.45) is 4.66. The first-order chi connectivity index (χ1) is 8.04. The van der Waals surface area contributed by atoms with Gasteiger partial charge in [0.15, 0.2) is 0 Å². The molecule has 1 N–H and O–H groups in total. The van der Waals surface area contributed by atoms with Gasteiger partial charge in [0.2, 0.25) is 0 Å². The van der Waals surface area contributed by atoms with Gasteiger partial charge in [0.05, 0.1) is 18.6 Å². The van der Waals surface area contributed by atoms with E-state index in [1.165, 1.54) is 0 Å². The van der Waals surface area contributed by atoms with Crippen LogP contribution in [-0.4, -0.2) is 38.1 Å². The SMILES string of the molecule is CCCn1cncc1CN(CC(=O)O)C(C)C. The first-order valence-electron chi connectivity index (χ1n) is 5.99. The summed E-state index contributed by atoms with van der Waals surface area (Å²) < 4.78 is 2.08. The number of imidazole rings is 1. The zero-order chi connectivity index (χ0) is 12.8. The Hall–Kier alpha value is -1.36. The van der Waals surface area contributed by atoms with E-state index in [1.807, 2.05) is 24.9 Å². The Morgan fingerprint density at radius 3 is 2.82 bits per heavy atom. The molecule has 5 nitrogen and oxygen atoms in total. The van der Waals surface area contributed by atoms with E-state index >= 15 is 0 Å². The highest BCUT2D eigenvalue weighted by molar-refractivity contribution is 5.69. The average Bonchev–Trinajstić information content (AvgIpc) is 2.64. The van der Waals surface area contributed by atoms with Gasteiger partial charge in [0, 0.05) is 25.3 Å². The Bertz CT molecular complexity index is 360. The molecule has 0 aromatic carbocycles. The molecule has 1 heterocycles. The molecule has 0 aliphatic carbocycles. The van der Waals surface area contributed by atoms with Crippen LogP contribution in [0.4, 0.5) is 0 Å². The van der Waals surface area contributed by atoms with Crippen molar-refractivity contribution in [3.05, 3.63) is 18.2 Å². The third-order valence-electron chi connectivity index (χ3n) is 2.70. The quantitative estimate of drug-likeness (QED) is 0.785. The van der Waals surface area contributed by atoms with Gasteiger partial charge in [-0.2, -0.15) is 0 Å². The molecule has 0 aliphatic heterocycles. The van der Waals surface area contributed by atoms with Crippen molar-refractivity contribution in [1.82, 2.24) is 14.5 Å². The molecular formula is C12H21N3O2. The summed E-state index contributed by atoms with van der Waals surface area (Å²) in [6.45, 7) is 7.74. The minimum absolute atomic E-state index is 0.0645. The predicted molar refractivity (Wildman–Crippen MR) is 65.7 cm³/mol. The molecule has 0 saturated heterocycles. The molecule has 1 rings (SSSR count). The van der Waals surface area contributed by atoms with Crippen molar-refractivity contribution in [3.8, 4) is 0 Å². The Balaban J connectivity index is 2.71. The Morgan fingerprint density at radius 1 is 1.59 bits per heavy atom. The Morgan fingerprint density at radius 2 is 2.29 bits per heavy atom. The second-order valence-electron chi connectivity index (χ2n) is 4.47. The highest BCUT2D eigenvalue weighted by atomic mass is 16.4. The second kappa shape index (κ2) is 6.39. The van der Waals surface area contributed by atoms with Crippen LogP contribution in [0.5, 0.6) is 0 Å². The molecule has 0 bridgehead atoms. The van der Waals surface area contributed by atoms with Crippen molar-refractivity contribution < 1.29 is 9.90 Å². The monoisotopic (exact) mass is 239 g/mol. The van der Waals surface area contributed by atoms with E-state index in [0.29, 0.717) is 6.54 Å². The first-order valence-corrected chi connectivity index (χ1v) is 5.99. The van der Waals surface area contributed by atoms with Crippen LogP contribution >= 0.6 is 0 Å². The number of hydrogen-bond donors (Lipinski definition) is 1. The fourth-order valence-electron chi connectivity index (χ4n) is 1.72. The van der Waals surface area contributed by atoms with Crippen molar-refractivity contribution in [2.45, 2.75) is 46.3 Å². The molecule has 0 radical (unpaired) electrons. The molecule has 0 atom stereocenters. The fraction of sp³-hybridized carbons (Fsp3) is 0.667. The summed E-state index contributed by atoms with van der Waals surface area (Å²) in [5.74, 6) is -0.791. The Kier molecular flexibility index (Phi) is 5.15. The molecule has 0 spiro atoms. The molecule has 1 aromatic rings. The van der Waals surface area contributed by atoms with Crippen molar-refractivity contribution in [2.24, 2.45) is 0 Å². The zero-order valence-corrected chi connectivity index (χ0v) is 10.8. The van der Waals surface area contributed by atoms with Crippen LogP contribution in [0, 0.1) is 0 Å². The third kappa shape index (κ3) is 4.19. The largest absolute Gasteiger partial charge is 0.480 e. The van der Waals surface area contributed by atoms with Crippen LogP contribution in [0.1, 0.15) is 32.9 Å². The van der Waals surface area contributed by atoms with Crippen LogP contribution in [-0.2, 0) is 17.9 Å². The molecule has 17 heavy (non-hydrogen) atoms. The van der Waals surface area contributed by atoms with E-state index in [0.717, 1.165) is 18.7 Å². The van der Waals surface area contributed by atoms with Crippen LogP contribution < -0.4 is 0 Å². The van der Waals surface area contributed by atoms with Gasteiger partial charge in [-0.15, -0.1) is 0 Å². The number of carboxylic acids is 1. The van der Waals surface area contributed by atoms with Crippen molar-refractivity contribution in [1.29, 1.82) is 0 Å². The number of carbonyl (C=O) groups is 1. The standard InChI is InChI=1S/C12H21N3O2/c1-4-5-14-9-13-6-11(14)7-15(10(2)3)8-12(16)17/h6,9-10H,4-5,7-8H2,1-3H3,(H,16,17). The van der Waals surface area contributed by atoms with E-state index in [9.17, 15) is 4.79 Å². The van der Waals surface area contributed by atoms with Crippen molar-refractivity contribution >= 4 is 5.97 Å². The summed E-state index contributed by atoms with van der Waals surface area (Å²) in [7, 11) is 0. The van der Waals surface area contributed by atoms with Crippen LogP contribution in [0.2, 0.25) is 0 Å². The van der Waals surface area contributed by atoms with Crippen LogP contribution in [0.15, 0.2) is 12.5 Å². The summed E-state index contributed by atoms with van der Waals surface area (Å²) in [5.41, 5.74) is 1.07. The molecule has 0 amide bonds. The van der Waals surface area contributed by atoms with Crippen LogP contribution in [0.25, 0.3) is 0 Å². The number of aliphatic carboxylic acids is 1. The number of nitrogens with zero attached hydrogens (tertiary/aromatic N) is 3. The van der Waals surface area contributed by atoms with Crippen LogP contribution in [0.3, 0.4) is 0 Å². The van der Waals surface area contributed by atoms with Gasteiger partial charge in [-0.25, -0.2) is 4.98 Å². The summed E-state index contributed by atoms with van der Waals surface area (Å²) in [4.78, 5) is 16.8. The Labute approximate surface area is 102 Å². The van der Waals surface area contributed by atoms with Gasteiger partial charge in [-0.05, 0) is 20.3 Å². The average molecular weight is 239 g/mol. The van der Waals surface area contributed by atoms with E-state index in [4.69, 9.17) is 5.11 Å². The van der Waals surface area contributed by atoms with E-state index in [2.05, 4.69) is 16.5 Å². The molecule has 96 valence electrons. The highest BCUT2D eigenvalue weighted by Gasteiger charge is 2.15. The van der Waals surface area contributed by atoms with Gasteiger partial charge in [0.1, 0.15) is 0 Å². The lowest BCUT2D eigenvalue weighted by molar-refractivity contribution is -0.139. The molecular weight excluding hydrogens is 218 g/mol. The van der Waals surface area contributed by atoms with E-state index in [-0.39, 0.29) is 12.6 Å². The maximum absolute atomic E-state index is 10.8. The number of hydrogen-bond acceptors (Lipinski definition) is 3. The summed E-state index contributed by atoms with van der Waals surface area (Å²) >= 11 is 0. The van der Waals surface area contributed by atoms with Gasteiger partial charge in [-0.1, -0.05) is 6.92 Å². The predicted octanol–water partition coefficient (Wildman–Crippen LogP) is 1.59. The third-order valence-corrected chi connectivity index (χ3v) is 2.70. The van der Waals surface area contributed by atoms with E-state index < -0.39 is 5.97 Å². The van der Waals surface area contributed by atoms with E-state index in [1.54, 1.807) is 6.33 Å². The molecule has 0 unspecified atom stereocenters. The maximum Gasteiger partial charge on any atom is 0.317 e. The molecule has 5 heteroatoms. The van der Waals surface area contributed by atoms with Gasteiger partial charge in [0.25, 0.3) is 0 Å². The molecule has 0 saturated carbocycles. The number of aromatic nitrogens is 2. The normalized spacial score (nSPS) is 11.4. The topological polar surface area (TPSA) is 58.4 Å². The van der Waals surface area contributed by atoms with Gasteiger partial charge >= 0.3 is 5.97 Å². The minimum atomic E-state index is -0.791. The highest BCUT2D eigenvalue weighted by Crippen LogP contribution is 2.08. The zero-order valence-electron chi connectivity index (χ0n) is 10.8. The van der Waals surface area contributed by atoms with Crippen molar-refractivity contribution in [3.63, 3.8) is 0 Å². The summed E-state index contributed by atoms with van der Waals surface area (Å²) in [5, 5.41) is 8.87. The lowest BCUT2D eigenvalue weighted by Crippen LogP contribution is -2.35. The lowest BCUT2D eigenvalue weighted by atomic mass is 10.3. The molecule has 1 aromatic heterocycles. The fourth-order valence-corrected chi connectivity index (χ4v) is 1.72. The van der Waals surface area contributed by atoms with Gasteiger partial charge < -0.3 is 9.67 Å². The van der Waals surface area contributed by atoms with Gasteiger partial charge in [-0.3, -0.25) is 9.69 Å². The lowest BCUT2D eigenvalue weighted by Gasteiger charge is -2.24. The summed E-state index contributed by atoms with van der Waals surface area (Å²) in [6, 6.07) is 0.205. The molecule has 0 fully saturated rings.